The van der Waals surface area contributed by atoms with E-state index in [-0.39, 0.29) is 0 Å². The minimum Gasteiger partial charge on any atom is -0.368 e. The number of anilines is 2. The highest BCUT2D eigenvalue weighted by Crippen LogP contribution is 2.31. The van der Waals surface area contributed by atoms with Gasteiger partial charge in [-0.1, -0.05) is 12.8 Å². The third-order valence-corrected chi connectivity index (χ3v) is 3.96. The number of rotatable bonds is 2. The van der Waals surface area contributed by atoms with Gasteiger partial charge < -0.3 is 10.6 Å². The number of hydrogen-bond donors (Lipinski definition) is 1. The summed E-state index contributed by atoms with van der Waals surface area (Å²) in [6.45, 7) is 2.16. The molecule has 1 aliphatic heterocycles. The van der Waals surface area contributed by atoms with E-state index >= 15 is 0 Å². The van der Waals surface area contributed by atoms with Crippen LogP contribution in [0.2, 0.25) is 0 Å². The third kappa shape index (κ3) is 2.10. The Morgan fingerprint density at radius 2 is 1.71 bits per heavy atom. The van der Waals surface area contributed by atoms with Crippen molar-refractivity contribution in [3.63, 3.8) is 0 Å². The van der Waals surface area contributed by atoms with Crippen LogP contribution in [-0.2, 0) is 0 Å². The molecule has 0 radical (unpaired) electrons. The van der Waals surface area contributed by atoms with Gasteiger partial charge in [0.15, 0.2) is 0 Å². The maximum Gasteiger partial charge on any atom is 0.246 e. The first-order valence-electron chi connectivity index (χ1n) is 6.81. The fraction of sp³-hybridized carbons (Fsp3) is 0.833. The van der Waals surface area contributed by atoms with Crippen LogP contribution in [-0.4, -0.2) is 27.9 Å². The third-order valence-electron chi connectivity index (χ3n) is 3.96. The molecule has 2 heterocycles. The molecule has 1 saturated carbocycles. The maximum atomic E-state index is 5.99. The van der Waals surface area contributed by atoms with Crippen LogP contribution < -0.4 is 10.6 Å². The number of nitrogens with two attached hydrogens (primary N) is 1. The van der Waals surface area contributed by atoms with Gasteiger partial charge >= 0.3 is 0 Å². The van der Waals surface area contributed by atoms with Gasteiger partial charge in [0.1, 0.15) is 0 Å². The van der Waals surface area contributed by atoms with Crippen molar-refractivity contribution in [1.82, 2.24) is 14.8 Å². The first kappa shape index (κ1) is 10.9. The second-order valence-electron chi connectivity index (χ2n) is 5.20. The molecule has 0 aromatic carbocycles. The highest BCUT2D eigenvalue weighted by molar-refractivity contribution is 5.35. The summed E-state index contributed by atoms with van der Waals surface area (Å²) < 4.78 is 1.96. The van der Waals surface area contributed by atoms with Crippen molar-refractivity contribution >= 4 is 11.9 Å². The summed E-state index contributed by atoms with van der Waals surface area (Å²) >= 11 is 0. The summed E-state index contributed by atoms with van der Waals surface area (Å²) in [5, 5.41) is 4.62. The number of piperidine rings is 1. The zero-order valence-corrected chi connectivity index (χ0v) is 10.3. The van der Waals surface area contributed by atoms with Gasteiger partial charge in [-0.15, -0.1) is 5.10 Å². The normalized spacial score (nSPS) is 22.2. The number of nitrogen functional groups attached to an aromatic ring is 1. The van der Waals surface area contributed by atoms with Crippen LogP contribution in [0.25, 0.3) is 0 Å². The number of hydrogen-bond acceptors (Lipinski definition) is 4. The van der Waals surface area contributed by atoms with Gasteiger partial charge in [-0.2, -0.15) is 4.98 Å². The van der Waals surface area contributed by atoms with Crippen molar-refractivity contribution < 1.29 is 0 Å². The molecule has 5 nitrogen and oxygen atoms in total. The predicted molar refractivity (Wildman–Crippen MR) is 68.0 cm³/mol. The molecular formula is C12H21N5. The van der Waals surface area contributed by atoms with Crippen molar-refractivity contribution in [2.75, 3.05) is 23.7 Å². The van der Waals surface area contributed by atoms with Crippen LogP contribution >= 0.6 is 0 Å². The fourth-order valence-corrected chi connectivity index (χ4v) is 2.97. The molecule has 2 fully saturated rings. The summed E-state index contributed by atoms with van der Waals surface area (Å²) in [5.74, 6) is 1.44. The lowest BCUT2D eigenvalue weighted by atomic mass is 10.1. The van der Waals surface area contributed by atoms with Crippen molar-refractivity contribution in [3.8, 4) is 0 Å². The second-order valence-corrected chi connectivity index (χ2v) is 5.20. The molecule has 2 N–H and O–H groups in total. The van der Waals surface area contributed by atoms with Gasteiger partial charge in [-0.3, -0.25) is 0 Å². The molecule has 1 saturated heterocycles. The molecule has 2 aliphatic rings. The van der Waals surface area contributed by atoms with Gasteiger partial charge in [0.25, 0.3) is 0 Å². The van der Waals surface area contributed by atoms with E-state index in [2.05, 4.69) is 15.0 Å². The van der Waals surface area contributed by atoms with Gasteiger partial charge in [0, 0.05) is 13.1 Å². The van der Waals surface area contributed by atoms with Crippen LogP contribution in [0.4, 0.5) is 11.9 Å². The van der Waals surface area contributed by atoms with Crippen molar-refractivity contribution in [2.45, 2.75) is 51.0 Å². The van der Waals surface area contributed by atoms with E-state index in [9.17, 15) is 0 Å². The van der Waals surface area contributed by atoms with E-state index in [4.69, 9.17) is 5.73 Å². The lowest BCUT2D eigenvalue weighted by molar-refractivity contribution is 0.470. The molecule has 0 atom stereocenters. The maximum absolute atomic E-state index is 5.99. The highest BCUT2D eigenvalue weighted by atomic mass is 15.5. The second kappa shape index (κ2) is 4.55. The van der Waals surface area contributed by atoms with Gasteiger partial charge in [-0.05, 0) is 32.1 Å². The molecule has 1 aromatic heterocycles. The molecule has 1 aliphatic carbocycles. The number of nitrogens with zero attached hydrogens (tertiary/aromatic N) is 4. The monoisotopic (exact) mass is 235 g/mol. The molecule has 1 aromatic rings. The first-order chi connectivity index (χ1) is 8.34. The molecule has 0 unspecified atom stereocenters. The van der Waals surface area contributed by atoms with Gasteiger partial charge in [0.05, 0.1) is 6.04 Å². The predicted octanol–water partition coefficient (Wildman–Crippen LogP) is 1.97. The van der Waals surface area contributed by atoms with Crippen molar-refractivity contribution in [3.05, 3.63) is 0 Å². The quantitative estimate of drug-likeness (QED) is 0.851. The Morgan fingerprint density at radius 1 is 1.00 bits per heavy atom. The van der Waals surface area contributed by atoms with Crippen LogP contribution in [0.15, 0.2) is 0 Å². The summed E-state index contributed by atoms with van der Waals surface area (Å²) in [6, 6.07) is 0.487. The molecule has 0 bridgehead atoms. The lowest BCUT2D eigenvalue weighted by Crippen LogP contribution is -2.30. The summed E-state index contributed by atoms with van der Waals surface area (Å²) in [5.41, 5.74) is 5.99. The van der Waals surface area contributed by atoms with E-state index in [1.807, 2.05) is 4.68 Å². The Labute approximate surface area is 102 Å². The van der Waals surface area contributed by atoms with Crippen molar-refractivity contribution in [2.24, 2.45) is 0 Å². The average molecular weight is 235 g/mol. The molecule has 0 amide bonds. The van der Waals surface area contributed by atoms with E-state index in [0.717, 1.165) is 19.0 Å². The van der Waals surface area contributed by atoms with Crippen molar-refractivity contribution in [1.29, 1.82) is 0 Å². The van der Waals surface area contributed by atoms with Crippen LogP contribution in [0, 0.1) is 0 Å². The molecule has 0 spiro atoms. The van der Waals surface area contributed by atoms with E-state index in [1.54, 1.807) is 0 Å². The largest absolute Gasteiger partial charge is 0.368 e. The molecule has 17 heavy (non-hydrogen) atoms. The Balaban J connectivity index is 1.79. The van der Waals surface area contributed by atoms with Gasteiger partial charge in [-0.25, -0.2) is 4.68 Å². The fourth-order valence-electron chi connectivity index (χ4n) is 2.97. The number of aromatic nitrogens is 3. The van der Waals surface area contributed by atoms with Gasteiger partial charge in [0.2, 0.25) is 11.9 Å². The SMILES string of the molecule is Nc1nc(N2CCCCC2)nn1C1CCCC1. The smallest absolute Gasteiger partial charge is 0.246 e. The van der Waals surface area contributed by atoms with E-state index in [0.29, 0.717) is 12.0 Å². The summed E-state index contributed by atoms with van der Waals surface area (Å²) in [7, 11) is 0. The van der Waals surface area contributed by atoms with Crippen LogP contribution in [0.5, 0.6) is 0 Å². The van der Waals surface area contributed by atoms with E-state index in [1.165, 1.54) is 44.9 Å². The topological polar surface area (TPSA) is 60.0 Å². The molecule has 5 heteroatoms. The van der Waals surface area contributed by atoms with E-state index < -0.39 is 0 Å². The first-order valence-corrected chi connectivity index (χ1v) is 6.81. The minimum atomic E-state index is 0.487. The molecular weight excluding hydrogens is 214 g/mol. The highest BCUT2D eigenvalue weighted by Gasteiger charge is 2.23. The lowest BCUT2D eigenvalue weighted by Gasteiger charge is -2.25. The Hall–Kier alpha value is -1.26. The Bertz CT molecular complexity index is 374. The Kier molecular flexibility index (Phi) is 2.91. The Morgan fingerprint density at radius 3 is 2.41 bits per heavy atom. The zero-order chi connectivity index (χ0) is 11.7. The summed E-state index contributed by atoms with van der Waals surface area (Å²) in [6.07, 6.45) is 8.82. The summed E-state index contributed by atoms with van der Waals surface area (Å²) in [4.78, 5) is 6.70. The minimum absolute atomic E-state index is 0.487. The zero-order valence-electron chi connectivity index (χ0n) is 10.3. The standard InChI is InChI=1S/C12H21N5/c13-11-14-12(16-8-4-1-5-9-16)15-17(11)10-6-2-3-7-10/h10H,1-9H2,(H2,13,14,15). The van der Waals surface area contributed by atoms with Crippen LogP contribution in [0.1, 0.15) is 51.0 Å². The molecule has 94 valence electrons. The molecule has 3 rings (SSSR count). The van der Waals surface area contributed by atoms with Crippen LogP contribution in [0.3, 0.4) is 0 Å². The average Bonchev–Trinajstić information content (AvgIpc) is 2.99.